The minimum atomic E-state index is -4.31. The summed E-state index contributed by atoms with van der Waals surface area (Å²) in [5.74, 6) is 0.480. The molecule has 1 fully saturated rings. The normalized spacial score (nSPS) is 19.5. The van der Waals surface area contributed by atoms with Crippen LogP contribution in [-0.4, -0.2) is 36.0 Å². The molecule has 1 saturated heterocycles. The van der Waals surface area contributed by atoms with E-state index in [1.165, 1.54) is 12.1 Å². The van der Waals surface area contributed by atoms with Gasteiger partial charge in [0.15, 0.2) is 0 Å². The quantitative estimate of drug-likeness (QED) is 0.847. The van der Waals surface area contributed by atoms with Crippen LogP contribution in [0.5, 0.6) is 5.75 Å². The number of nitrogens with one attached hydrogen (secondary N) is 1. The van der Waals surface area contributed by atoms with Crippen LogP contribution >= 0.6 is 0 Å². The van der Waals surface area contributed by atoms with Gasteiger partial charge in [0.05, 0.1) is 17.7 Å². The topological polar surface area (TPSA) is 41.6 Å². The number of ether oxygens (including phenoxy) is 1. The van der Waals surface area contributed by atoms with E-state index in [0.717, 1.165) is 43.6 Å². The molecule has 1 spiro atoms. The first kappa shape index (κ1) is 18.8. The van der Waals surface area contributed by atoms with Gasteiger partial charge in [0, 0.05) is 32.5 Å². The number of likely N-dealkylation sites (tertiary alicyclic amines) is 1. The Kier molecular flexibility index (Phi) is 4.79. The average molecular weight is 390 g/mol. The van der Waals surface area contributed by atoms with Gasteiger partial charge in [-0.3, -0.25) is 9.69 Å². The van der Waals surface area contributed by atoms with Crippen molar-refractivity contribution >= 4 is 5.91 Å². The smallest absolute Gasteiger partial charge is 0.416 e. The van der Waals surface area contributed by atoms with Crippen LogP contribution in [0.4, 0.5) is 13.2 Å². The predicted molar refractivity (Wildman–Crippen MR) is 98.1 cm³/mol. The third-order valence-electron chi connectivity index (χ3n) is 5.48. The van der Waals surface area contributed by atoms with E-state index in [0.29, 0.717) is 24.4 Å². The number of para-hydroxylation sites is 1. The van der Waals surface area contributed by atoms with Gasteiger partial charge in [-0.05, 0) is 29.8 Å². The van der Waals surface area contributed by atoms with Crippen molar-refractivity contribution in [1.29, 1.82) is 0 Å². The summed E-state index contributed by atoms with van der Waals surface area (Å²) in [6, 6.07) is 12.6. The van der Waals surface area contributed by atoms with Gasteiger partial charge in [0.25, 0.3) is 5.91 Å². The van der Waals surface area contributed by atoms with E-state index < -0.39 is 17.3 Å². The number of amides is 1. The molecule has 2 aliphatic heterocycles. The second-order valence-electron chi connectivity index (χ2n) is 7.43. The lowest BCUT2D eigenvalue weighted by molar-refractivity contribution is -0.137. The number of carbonyl (C=O) groups is 1. The lowest BCUT2D eigenvalue weighted by Gasteiger charge is -2.41. The fourth-order valence-corrected chi connectivity index (χ4v) is 3.80. The molecule has 1 amide bonds. The summed E-state index contributed by atoms with van der Waals surface area (Å²) >= 11 is 0. The molecule has 0 saturated carbocycles. The molecule has 0 aromatic heterocycles. The summed E-state index contributed by atoms with van der Waals surface area (Å²) in [5, 5.41) is 2.96. The zero-order valence-electron chi connectivity index (χ0n) is 15.3. The highest BCUT2D eigenvalue weighted by Crippen LogP contribution is 2.33. The molecular weight excluding hydrogens is 369 g/mol. The molecule has 148 valence electrons. The van der Waals surface area contributed by atoms with Crippen molar-refractivity contribution in [2.45, 2.75) is 31.2 Å². The summed E-state index contributed by atoms with van der Waals surface area (Å²) in [6.45, 7) is 2.55. The number of benzene rings is 2. The van der Waals surface area contributed by atoms with Gasteiger partial charge < -0.3 is 10.1 Å². The van der Waals surface area contributed by atoms with Crippen LogP contribution < -0.4 is 10.1 Å². The van der Waals surface area contributed by atoms with E-state index in [1.54, 1.807) is 6.07 Å². The lowest BCUT2D eigenvalue weighted by atomic mass is 9.90. The highest BCUT2D eigenvalue weighted by molar-refractivity contribution is 5.97. The maximum Gasteiger partial charge on any atom is 0.416 e. The summed E-state index contributed by atoms with van der Waals surface area (Å²) in [5.41, 5.74) is 0.324. The molecule has 0 bridgehead atoms. The van der Waals surface area contributed by atoms with Gasteiger partial charge in [-0.25, -0.2) is 0 Å². The second kappa shape index (κ2) is 7.13. The van der Waals surface area contributed by atoms with Gasteiger partial charge in [0.2, 0.25) is 0 Å². The number of hydrogen-bond acceptors (Lipinski definition) is 3. The first-order chi connectivity index (χ1) is 13.3. The maximum absolute atomic E-state index is 12.7. The number of piperidine rings is 1. The number of hydrogen-bond donors (Lipinski definition) is 1. The van der Waals surface area contributed by atoms with Crippen molar-refractivity contribution < 1.29 is 22.7 Å². The average Bonchev–Trinajstić information content (AvgIpc) is 2.81. The first-order valence-electron chi connectivity index (χ1n) is 9.29. The Labute approximate surface area is 161 Å². The fraction of sp³-hybridized carbons (Fsp3) is 0.381. The minimum Gasteiger partial charge on any atom is -0.485 e. The first-order valence-corrected chi connectivity index (χ1v) is 9.29. The molecular formula is C21H21F3N2O2. The van der Waals surface area contributed by atoms with Crippen molar-refractivity contribution in [3.63, 3.8) is 0 Å². The Balaban J connectivity index is 1.40. The molecule has 4 rings (SSSR count). The van der Waals surface area contributed by atoms with Crippen molar-refractivity contribution in [2.24, 2.45) is 0 Å². The highest BCUT2D eigenvalue weighted by atomic mass is 19.4. The Hall–Kier alpha value is -2.54. The standard InChI is InChI=1S/C21H21F3N2O2/c22-21(23,24)16-7-5-15(6-8-16)13-26-11-9-20(10-12-26)14-25-19(27)17-3-1-2-4-18(17)28-20/h1-8H,9-14H2,(H,25,27). The number of fused-ring (bicyclic) bond motifs is 1. The molecule has 2 aliphatic rings. The largest absolute Gasteiger partial charge is 0.485 e. The van der Waals surface area contributed by atoms with Gasteiger partial charge in [-0.15, -0.1) is 0 Å². The number of nitrogens with zero attached hydrogens (tertiary/aromatic N) is 1. The van der Waals surface area contributed by atoms with E-state index >= 15 is 0 Å². The molecule has 0 atom stereocenters. The van der Waals surface area contributed by atoms with Gasteiger partial charge in [-0.1, -0.05) is 24.3 Å². The molecule has 28 heavy (non-hydrogen) atoms. The monoisotopic (exact) mass is 390 g/mol. The third kappa shape index (κ3) is 3.85. The zero-order valence-corrected chi connectivity index (χ0v) is 15.3. The molecule has 1 N–H and O–H groups in total. The fourth-order valence-electron chi connectivity index (χ4n) is 3.80. The van der Waals surface area contributed by atoms with E-state index in [-0.39, 0.29) is 5.91 Å². The van der Waals surface area contributed by atoms with E-state index in [1.807, 2.05) is 18.2 Å². The molecule has 2 aromatic carbocycles. The van der Waals surface area contributed by atoms with Gasteiger partial charge in [-0.2, -0.15) is 13.2 Å². The van der Waals surface area contributed by atoms with Crippen LogP contribution in [0.3, 0.4) is 0 Å². The van der Waals surface area contributed by atoms with Gasteiger partial charge >= 0.3 is 6.18 Å². The van der Waals surface area contributed by atoms with E-state index in [4.69, 9.17) is 4.74 Å². The molecule has 0 radical (unpaired) electrons. The Morgan fingerprint density at radius 2 is 1.71 bits per heavy atom. The van der Waals surface area contributed by atoms with Crippen LogP contribution in [0.25, 0.3) is 0 Å². The Morgan fingerprint density at radius 3 is 2.39 bits per heavy atom. The summed E-state index contributed by atoms with van der Waals surface area (Å²) in [4.78, 5) is 14.5. The van der Waals surface area contributed by atoms with Crippen LogP contribution in [0.2, 0.25) is 0 Å². The molecule has 4 nitrogen and oxygen atoms in total. The maximum atomic E-state index is 12.7. The molecule has 0 unspecified atom stereocenters. The van der Waals surface area contributed by atoms with Crippen molar-refractivity contribution in [3.05, 3.63) is 65.2 Å². The zero-order chi connectivity index (χ0) is 19.8. The second-order valence-corrected chi connectivity index (χ2v) is 7.43. The summed E-state index contributed by atoms with van der Waals surface area (Å²) in [6.07, 6.45) is -2.84. The lowest BCUT2D eigenvalue weighted by Crippen LogP contribution is -2.52. The highest BCUT2D eigenvalue weighted by Gasteiger charge is 2.40. The van der Waals surface area contributed by atoms with Crippen molar-refractivity contribution in [2.75, 3.05) is 19.6 Å². The molecule has 0 aliphatic carbocycles. The SMILES string of the molecule is O=C1NCC2(CCN(Cc3ccc(C(F)(F)F)cc3)CC2)Oc2ccccc21. The Morgan fingerprint density at radius 1 is 1.04 bits per heavy atom. The van der Waals surface area contributed by atoms with Crippen LogP contribution in [0.1, 0.15) is 34.3 Å². The molecule has 2 aromatic rings. The number of carbonyl (C=O) groups excluding carboxylic acids is 1. The number of alkyl halides is 3. The summed E-state index contributed by atoms with van der Waals surface area (Å²) in [7, 11) is 0. The minimum absolute atomic E-state index is 0.125. The summed E-state index contributed by atoms with van der Waals surface area (Å²) < 4.78 is 44.4. The van der Waals surface area contributed by atoms with E-state index in [2.05, 4.69) is 10.2 Å². The van der Waals surface area contributed by atoms with Crippen molar-refractivity contribution in [3.8, 4) is 5.75 Å². The number of halogens is 3. The van der Waals surface area contributed by atoms with Crippen LogP contribution in [-0.2, 0) is 12.7 Å². The van der Waals surface area contributed by atoms with Crippen molar-refractivity contribution in [1.82, 2.24) is 10.2 Å². The molecule has 7 heteroatoms. The number of rotatable bonds is 2. The van der Waals surface area contributed by atoms with E-state index in [9.17, 15) is 18.0 Å². The van der Waals surface area contributed by atoms with Gasteiger partial charge in [0.1, 0.15) is 11.4 Å². The predicted octanol–water partition coefficient (Wildman–Crippen LogP) is 3.86. The van der Waals surface area contributed by atoms with Crippen LogP contribution in [0, 0.1) is 0 Å². The third-order valence-corrected chi connectivity index (χ3v) is 5.48. The Bertz CT molecular complexity index is 857. The van der Waals surface area contributed by atoms with Crippen LogP contribution in [0.15, 0.2) is 48.5 Å². The molecule has 2 heterocycles.